The molecule has 15 heteroatoms. The van der Waals surface area contributed by atoms with Crippen molar-refractivity contribution in [2.75, 3.05) is 19.1 Å². The molecule has 1 unspecified atom stereocenters. The molecule has 4 rings (SSSR count). The van der Waals surface area contributed by atoms with Crippen molar-refractivity contribution < 1.29 is 32.9 Å². The van der Waals surface area contributed by atoms with Crippen molar-refractivity contribution in [2.24, 2.45) is 0 Å². The third-order valence-electron chi connectivity index (χ3n) is 4.21. The van der Waals surface area contributed by atoms with Crippen LogP contribution in [0.1, 0.15) is 13.2 Å². The number of nitrogen functional groups attached to an aromatic ring is 1. The second-order valence-electron chi connectivity index (χ2n) is 6.03. The zero-order valence-electron chi connectivity index (χ0n) is 14.5. The minimum absolute atomic E-state index is 0.0178. The number of esters is 1. The number of hydrogen-bond acceptors (Lipinski definition) is 11. The largest absolute Gasteiger partial charge is 0.488 e. The number of halogens is 1. The average Bonchev–Trinajstić information content (AvgIpc) is 3.12. The van der Waals surface area contributed by atoms with Crippen LogP contribution in [-0.2, 0) is 27.8 Å². The molecule has 0 spiro atoms. The molecule has 0 aromatic carbocycles. The van der Waals surface area contributed by atoms with Crippen LogP contribution in [0.4, 0.5) is 5.82 Å². The van der Waals surface area contributed by atoms with Crippen LogP contribution in [0, 0.1) is 0 Å². The van der Waals surface area contributed by atoms with Crippen molar-refractivity contribution in [3.8, 4) is 0 Å². The number of rotatable bonds is 4. The molecule has 2 aliphatic heterocycles. The molecule has 4 heterocycles. The van der Waals surface area contributed by atoms with Crippen molar-refractivity contribution in [3.05, 3.63) is 11.1 Å². The number of aliphatic hydroxyl groups excluding tert-OH is 1. The number of nitrogens with zero attached hydrogens (tertiary/aromatic N) is 4. The van der Waals surface area contributed by atoms with Crippen LogP contribution in [0.3, 0.4) is 0 Å². The highest BCUT2D eigenvalue weighted by Crippen LogP contribution is 2.63. The summed E-state index contributed by atoms with van der Waals surface area (Å²) in [6.07, 6.45) is -2.20. The van der Waals surface area contributed by atoms with Crippen molar-refractivity contribution in [1.29, 1.82) is 0 Å². The van der Waals surface area contributed by atoms with Gasteiger partial charge in [0.05, 0.1) is 0 Å². The van der Waals surface area contributed by atoms with E-state index in [-0.39, 0.29) is 12.4 Å². The number of carbonyl (C=O) groups is 1. The van der Waals surface area contributed by atoms with Gasteiger partial charge in [-0.05, 0) is 15.9 Å². The van der Waals surface area contributed by atoms with Crippen LogP contribution < -0.4 is 5.73 Å². The van der Waals surface area contributed by atoms with E-state index in [1.807, 2.05) is 0 Å². The first-order valence-electron chi connectivity index (χ1n) is 8.05. The van der Waals surface area contributed by atoms with Gasteiger partial charge in [0.2, 0.25) is 6.79 Å². The van der Waals surface area contributed by atoms with E-state index in [9.17, 15) is 9.90 Å². The van der Waals surface area contributed by atoms with Crippen LogP contribution in [0.5, 0.6) is 0 Å². The fourth-order valence-electron chi connectivity index (χ4n) is 2.95. The Morgan fingerprint density at radius 2 is 2.36 bits per heavy atom. The van der Waals surface area contributed by atoms with Crippen LogP contribution >= 0.6 is 23.8 Å². The summed E-state index contributed by atoms with van der Waals surface area (Å²) in [5.74, 6) is -0.344. The Kier molecular flexibility index (Phi) is 5.29. The minimum Gasteiger partial charge on any atom is -0.434 e. The molecular weight excluding hydrogens is 460 g/mol. The van der Waals surface area contributed by atoms with Gasteiger partial charge in [-0.3, -0.25) is 9.36 Å². The topological polar surface area (TPSA) is 153 Å². The molecular formula is C13H15BBrN5O7P+. The lowest BCUT2D eigenvalue weighted by Gasteiger charge is -2.30. The lowest BCUT2D eigenvalue weighted by atomic mass is 10.1. The Morgan fingerprint density at radius 3 is 3.11 bits per heavy atom. The normalized spacial score (nSPS) is 32.4. The standard InChI is InChI=1S/C13H15BBrN5O7P/c1-5(21)23-4-25-28(14)24-2-6-9(27-28)8(22)12(26-6)20-11-7(19-13(20)15)10(16)17-3-18-11/h3,6,8-9,12,22H,2,4H2,1H3,(H2,16,17,18)/q+1/t6-,8-,9-,12-,28?/m1/s1. The Bertz CT molecular complexity index is 921. The second kappa shape index (κ2) is 7.45. The van der Waals surface area contributed by atoms with Gasteiger partial charge in [-0.2, -0.15) is 13.6 Å². The molecule has 5 atom stereocenters. The smallest absolute Gasteiger partial charge is 0.434 e. The maximum absolute atomic E-state index is 10.9. The van der Waals surface area contributed by atoms with Gasteiger partial charge in [-0.25, -0.2) is 15.0 Å². The molecule has 12 nitrogen and oxygen atoms in total. The molecule has 2 aromatic rings. The fraction of sp³-hybridized carbons (Fsp3) is 0.538. The van der Waals surface area contributed by atoms with E-state index in [1.54, 1.807) is 0 Å². The zero-order chi connectivity index (χ0) is 20.1. The van der Waals surface area contributed by atoms with Gasteiger partial charge in [0, 0.05) is 6.92 Å². The van der Waals surface area contributed by atoms with Gasteiger partial charge in [0.25, 0.3) is 0 Å². The molecule has 0 bridgehead atoms. The number of aromatic nitrogens is 4. The molecule has 0 saturated carbocycles. The molecule has 2 saturated heterocycles. The van der Waals surface area contributed by atoms with Crippen molar-refractivity contribution >= 4 is 54.3 Å². The maximum Gasteiger partial charge on any atom is 0.488 e. The van der Waals surface area contributed by atoms with E-state index in [0.717, 1.165) is 0 Å². The highest BCUT2D eigenvalue weighted by Gasteiger charge is 2.58. The number of nitrogens with two attached hydrogens (primary N) is 1. The van der Waals surface area contributed by atoms with Gasteiger partial charge >= 0.3 is 21.4 Å². The predicted octanol–water partition coefficient (Wildman–Crippen LogP) is 0.228. The first kappa shape index (κ1) is 19.9. The summed E-state index contributed by atoms with van der Waals surface area (Å²) in [4.78, 5) is 23.2. The fourth-order valence-corrected chi connectivity index (χ4v) is 4.85. The van der Waals surface area contributed by atoms with E-state index in [0.29, 0.717) is 15.9 Å². The number of fused-ring (bicyclic) bond motifs is 2. The van der Waals surface area contributed by atoms with E-state index in [1.165, 1.54) is 17.8 Å². The number of carbonyl (C=O) groups excluding carboxylic acids is 1. The van der Waals surface area contributed by atoms with Crippen LogP contribution in [0.25, 0.3) is 11.2 Å². The molecule has 2 fully saturated rings. The summed E-state index contributed by atoms with van der Waals surface area (Å²) in [6, 6.07) is 0. The molecule has 148 valence electrons. The molecule has 28 heavy (non-hydrogen) atoms. The third kappa shape index (κ3) is 3.49. The summed E-state index contributed by atoms with van der Waals surface area (Å²) < 4.78 is 28.8. The van der Waals surface area contributed by atoms with E-state index in [2.05, 4.69) is 30.9 Å². The number of imidazole rings is 1. The molecule has 2 aliphatic rings. The Morgan fingerprint density at radius 1 is 1.57 bits per heavy atom. The van der Waals surface area contributed by atoms with Gasteiger partial charge in [-0.1, -0.05) is 0 Å². The molecule has 3 N–H and O–H groups in total. The van der Waals surface area contributed by atoms with Crippen LogP contribution in [0.15, 0.2) is 11.1 Å². The van der Waals surface area contributed by atoms with Gasteiger partial charge in [0.1, 0.15) is 25.1 Å². The summed E-state index contributed by atoms with van der Waals surface area (Å²) in [5.41, 5.74) is 6.57. The second-order valence-corrected chi connectivity index (χ2v) is 8.54. The highest BCUT2D eigenvalue weighted by molar-refractivity contribution is 9.10. The van der Waals surface area contributed by atoms with Crippen molar-refractivity contribution in [1.82, 2.24) is 19.5 Å². The Labute approximate surface area is 168 Å². The molecule has 0 amide bonds. The lowest BCUT2D eigenvalue weighted by Crippen LogP contribution is -2.41. The van der Waals surface area contributed by atoms with Crippen LogP contribution in [-0.4, -0.2) is 69.9 Å². The predicted molar refractivity (Wildman–Crippen MR) is 98.6 cm³/mol. The number of anilines is 1. The van der Waals surface area contributed by atoms with E-state index >= 15 is 0 Å². The molecule has 2 aromatic heterocycles. The van der Waals surface area contributed by atoms with E-state index < -0.39 is 45.1 Å². The SMILES string of the molecule is [B][P+]1(OCOC(C)=O)OC[C@H]2O[C@@H](n3c(Br)nc4c(N)ncnc43)[C@H](O)[C@@H]2O1. The number of aliphatic hydroxyl groups is 1. The minimum atomic E-state index is -3.30. The van der Waals surface area contributed by atoms with Crippen LogP contribution in [0.2, 0.25) is 0 Å². The third-order valence-corrected chi connectivity index (χ3v) is 6.28. The van der Waals surface area contributed by atoms with Gasteiger partial charge in [0.15, 0.2) is 34.0 Å². The molecule has 0 aliphatic carbocycles. The first-order valence-corrected chi connectivity index (χ1v) is 10.5. The van der Waals surface area contributed by atoms with Gasteiger partial charge < -0.3 is 20.3 Å². The van der Waals surface area contributed by atoms with Crippen molar-refractivity contribution in [2.45, 2.75) is 31.5 Å². The lowest BCUT2D eigenvalue weighted by molar-refractivity contribution is -0.149. The monoisotopic (exact) mass is 474 g/mol. The summed E-state index contributed by atoms with van der Waals surface area (Å²) in [7, 11) is 2.69. The summed E-state index contributed by atoms with van der Waals surface area (Å²) in [6.45, 7) is 0.821. The summed E-state index contributed by atoms with van der Waals surface area (Å²) >= 11 is 3.33. The quantitative estimate of drug-likeness (QED) is 0.206. The zero-order valence-corrected chi connectivity index (χ0v) is 16.9. The summed E-state index contributed by atoms with van der Waals surface area (Å²) in [5, 5.41) is 10.8. The Hall–Kier alpha value is -1.41. The van der Waals surface area contributed by atoms with Gasteiger partial charge in [-0.15, -0.1) is 0 Å². The molecule has 2 radical (unpaired) electrons. The van der Waals surface area contributed by atoms with E-state index in [4.69, 9.17) is 36.3 Å². The Balaban J connectivity index is 1.56. The number of ether oxygens (including phenoxy) is 2. The van der Waals surface area contributed by atoms with Crippen molar-refractivity contribution in [3.63, 3.8) is 0 Å². The first-order chi connectivity index (χ1) is 13.3. The highest BCUT2D eigenvalue weighted by atomic mass is 79.9. The average molecular weight is 475 g/mol. The number of hydrogen-bond donors (Lipinski definition) is 2. The maximum atomic E-state index is 10.9.